The van der Waals surface area contributed by atoms with Crippen LogP contribution in [0.15, 0.2) is 30.3 Å². The Hall–Kier alpha value is -2.30. The average molecular weight is 260 g/mol. The number of hydrogen-bond donors (Lipinski definition) is 2. The number of para-hydroxylation sites is 1. The largest absolute Gasteiger partial charge is 0.478 e. The number of carboxylic acid groups (broad SMARTS) is 1. The van der Waals surface area contributed by atoms with Crippen LogP contribution in [0, 0.1) is 0 Å². The van der Waals surface area contributed by atoms with E-state index in [0.717, 1.165) is 36.7 Å². The minimum Gasteiger partial charge on any atom is -0.478 e. The van der Waals surface area contributed by atoms with E-state index in [1.165, 1.54) is 6.08 Å². The van der Waals surface area contributed by atoms with E-state index in [1.807, 2.05) is 29.2 Å². The zero-order chi connectivity index (χ0) is 13.8. The predicted octanol–water partition coefficient (Wildman–Crippen LogP) is 1.24. The number of aliphatic carboxylic acids is 1. The zero-order valence-electron chi connectivity index (χ0n) is 10.5. The molecule has 0 aromatic heterocycles. The first-order valence-electron chi connectivity index (χ1n) is 6.15. The quantitative estimate of drug-likeness (QED) is 0.798. The van der Waals surface area contributed by atoms with Gasteiger partial charge in [0.25, 0.3) is 0 Å². The van der Waals surface area contributed by atoms with Crippen LogP contribution in [0.25, 0.3) is 6.08 Å². The number of carboxylic acids is 1. The van der Waals surface area contributed by atoms with Crippen molar-refractivity contribution >= 4 is 23.6 Å². The molecule has 1 atom stereocenters. The summed E-state index contributed by atoms with van der Waals surface area (Å²) in [4.78, 5) is 24.0. The van der Waals surface area contributed by atoms with E-state index < -0.39 is 5.97 Å². The molecule has 19 heavy (non-hydrogen) atoms. The zero-order valence-corrected chi connectivity index (χ0v) is 10.5. The molecule has 1 fully saturated rings. The maximum atomic E-state index is 11.4. The summed E-state index contributed by atoms with van der Waals surface area (Å²) >= 11 is 0. The van der Waals surface area contributed by atoms with Gasteiger partial charge in [-0.05, 0) is 30.5 Å². The van der Waals surface area contributed by atoms with Crippen LogP contribution in [-0.2, 0) is 9.59 Å². The third kappa shape index (κ3) is 2.93. The first-order chi connectivity index (χ1) is 9.09. The Balaban J connectivity index is 2.34. The number of primary amides is 1. The van der Waals surface area contributed by atoms with E-state index in [2.05, 4.69) is 0 Å². The monoisotopic (exact) mass is 260 g/mol. The van der Waals surface area contributed by atoms with Crippen molar-refractivity contribution in [2.75, 3.05) is 11.4 Å². The van der Waals surface area contributed by atoms with Crippen LogP contribution in [0.1, 0.15) is 18.4 Å². The number of nitrogens with zero attached hydrogens (tertiary/aromatic N) is 1. The molecule has 0 radical (unpaired) electrons. The minimum absolute atomic E-state index is 0.306. The summed E-state index contributed by atoms with van der Waals surface area (Å²) in [5, 5.41) is 8.70. The van der Waals surface area contributed by atoms with Gasteiger partial charge in [-0.1, -0.05) is 18.2 Å². The highest BCUT2D eigenvalue weighted by Gasteiger charge is 2.29. The van der Waals surface area contributed by atoms with Gasteiger partial charge in [0, 0.05) is 18.3 Å². The van der Waals surface area contributed by atoms with E-state index in [-0.39, 0.29) is 11.9 Å². The third-order valence-corrected chi connectivity index (χ3v) is 3.23. The van der Waals surface area contributed by atoms with Gasteiger partial charge in [-0.2, -0.15) is 0 Å². The number of nitrogens with two attached hydrogens (primary N) is 1. The highest BCUT2D eigenvalue weighted by atomic mass is 16.4. The Labute approximate surface area is 111 Å². The first-order valence-corrected chi connectivity index (χ1v) is 6.15. The van der Waals surface area contributed by atoms with E-state index in [4.69, 9.17) is 10.8 Å². The number of benzene rings is 1. The summed E-state index contributed by atoms with van der Waals surface area (Å²) in [6, 6.07) is 7.09. The van der Waals surface area contributed by atoms with Gasteiger partial charge in [0.1, 0.15) is 6.04 Å². The molecular formula is C14H16N2O3. The van der Waals surface area contributed by atoms with Crippen molar-refractivity contribution in [1.82, 2.24) is 0 Å². The Kier molecular flexibility index (Phi) is 3.85. The summed E-state index contributed by atoms with van der Waals surface area (Å²) < 4.78 is 0. The van der Waals surface area contributed by atoms with Crippen molar-refractivity contribution in [2.24, 2.45) is 5.73 Å². The number of hydrogen-bond acceptors (Lipinski definition) is 3. The maximum absolute atomic E-state index is 11.4. The van der Waals surface area contributed by atoms with Gasteiger partial charge in [-0.15, -0.1) is 0 Å². The van der Waals surface area contributed by atoms with E-state index in [9.17, 15) is 9.59 Å². The van der Waals surface area contributed by atoms with Crippen LogP contribution in [0.3, 0.4) is 0 Å². The van der Waals surface area contributed by atoms with Crippen molar-refractivity contribution < 1.29 is 14.7 Å². The lowest BCUT2D eigenvalue weighted by Gasteiger charge is -2.26. The molecule has 2 rings (SSSR count). The van der Waals surface area contributed by atoms with Gasteiger partial charge < -0.3 is 15.7 Å². The number of amides is 1. The SMILES string of the molecule is NC(=O)C1CCCN1c1ccccc1/C=C/C(=O)O. The van der Waals surface area contributed by atoms with Gasteiger partial charge in [-0.3, -0.25) is 4.79 Å². The molecule has 0 saturated carbocycles. The Morgan fingerprint density at radius 1 is 1.37 bits per heavy atom. The molecule has 1 unspecified atom stereocenters. The highest BCUT2D eigenvalue weighted by molar-refractivity contribution is 5.89. The molecule has 1 aliphatic rings. The second kappa shape index (κ2) is 5.56. The first kappa shape index (κ1) is 13.1. The van der Waals surface area contributed by atoms with Gasteiger partial charge in [0.2, 0.25) is 5.91 Å². The lowest BCUT2D eigenvalue weighted by atomic mass is 10.1. The summed E-state index contributed by atoms with van der Waals surface area (Å²) in [5.41, 5.74) is 7.03. The Morgan fingerprint density at radius 3 is 2.79 bits per heavy atom. The molecule has 100 valence electrons. The summed E-state index contributed by atoms with van der Waals surface area (Å²) in [5.74, 6) is -1.34. The molecule has 1 aromatic carbocycles. The predicted molar refractivity (Wildman–Crippen MR) is 72.7 cm³/mol. The normalized spacial score (nSPS) is 18.9. The fourth-order valence-corrected chi connectivity index (χ4v) is 2.40. The van der Waals surface area contributed by atoms with Crippen molar-refractivity contribution in [3.63, 3.8) is 0 Å². The molecule has 0 aliphatic carbocycles. The van der Waals surface area contributed by atoms with Crippen LogP contribution in [-0.4, -0.2) is 29.6 Å². The van der Waals surface area contributed by atoms with Crippen molar-refractivity contribution in [3.8, 4) is 0 Å². The van der Waals surface area contributed by atoms with Crippen molar-refractivity contribution in [3.05, 3.63) is 35.9 Å². The van der Waals surface area contributed by atoms with Gasteiger partial charge >= 0.3 is 5.97 Å². The number of carbonyl (C=O) groups is 2. The molecule has 0 bridgehead atoms. The summed E-state index contributed by atoms with van der Waals surface area (Å²) in [6.07, 6.45) is 4.28. The third-order valence-electron chi connectivity index (χ3n) is 3.23. The number of rotatable bonds is 4. The van der Waals surface area contributed by atoms with Crippen LogP contribution in [0.5, 0.6) is 0 Å². The Morgan fingerprint density at radius 2 is 2.11 bits per heavy atom. The second-order valence-electron chi connectivity index (χ2n) is 4.48. The molecule has 1 aliphatic heterocycles. The maximum Gasteiger partial charge on any atom is 0.328 e. The summed E-state index contributed by atoms with van der Waals surface area (Å²) in [7, 11) is 0. The molecule has 5 nitrogen and oxygen atoms in total. The molecule has 1 aromatic rings. The average Bonchev–Trinajstić information content (AvgIpc) is 2.85. The fraction of sp³-hybridized carbons (Fsp3) is 0.286. The minimum atomic E-state index is -0.998. The topological polar surface area (TPSA) is 83.6 Å². The summed E-state index contributed by atoms with van der Waals surface area (Å²) in [6.45, 7) is 0.755. The van der Waals surface area contributed by atoms with E-state index in [1.54, 1.807) is 0 Å². The standard InChI is InChI=1S/C14H16N2O3/c15-14(19)12-6-3-9-16(12)11-5-2-1-4-10(11)7-8-13(17)18/h1-2,4-5,7-8,12H,3,6,9H2,(H2,15,19)(H,17,18)/b8-7+. The van der Waals surface area contributed by atoms with Crippen molar-refractivity contribution in [1.29, 1.82) is 0 Å². The Bertz CT molecular complexity index is 525. The van der Waals surface area contributed by atoms with Gasteiger partial charge in [0.05, 0.1) is 0 Å². The molecule has 5 heteroatoms. The van der Waals surface area contributed by atoms with E-state index >= 15 is 0 Å². The van der Waals surface area contributed by atoms with Crippen LogP contribution in [0.2, 0.25) is 0 Å². The number of carbonyl (C=O) groups excluding carboxylic acids is 1. The number of anilines is 1. The van der Waals surface area contributed by atoms with E-state index in [0.29, 0.717) is 0 Å². The fourth-order valence-electron chi connectivity index (χ4n) is 2.40. The molecule has 3 N–H and O–H groups in total. The molecule has 1 amide bonds. The molecule has 1 heterocycles. The highest BCUT2D eigenvalue weighted by Crippen LogP contribution is 2.29. The molecule has 0 spiro atoms. The van der Waals surface area contributed by atoms with Crippen molar-refractivity contribution in [2.45, 2.75) is 18.9 Å². The lowest BCUT2D eigenvalue weighted by Crippen LogP contribution is -2.40. The van der Waals surface area contributed by atoms with Crippen LogP contribution in [0.4, 0.5) is 5.69 Å². The molecular weight excluding hydrogens is 244 g/mol. The van der Waals surface area contributed by atoms with Gasteiger partial charge in [0.15, 0.2) is 0 Å². The molecule has 1 saturated heterocycles. The van der Waals surface area contributed by atoms with Crippen LogP contribution >= 0.6 is 0 Å². The second-order valence-corrected chi connectivity index (χ2v) is 4.48. The van der Waals surface area contributed by atoms with Gasteiger partial charge in [-0.25, -0.2) is 4.79 Å². The smallest absolute Gasteiger partial charge is 0.328 e. The van der Waals surface area contributed by atoms with Crippen LogP contribution < -0.4 is 10.6 Å². The lowest BCUT2D eigenvalue weighted by molar-refractivity contribution is -0.131.